The van der Waals surface area contributed by atoms with Crippen LogP contribution in [-0.2, 0) is 4.79 Å². The number of nitrogens with zero attached hydrogens (tertiary/aromatic N) is 1. The van der Waals surface area contributed by atoms with Gasteiger partial charge in [0.15, 0.2) is 0 Å². The Morgan fingerprint density at radius 3 is 2.55 bits per heavy atom. The Morgan fingerprint density at radius 2 is 2.27 bits per heavy atom. The molecular weight excluding hydrogens is 142 g/mol. The monoisotopic (exact) mass is 155 g/mol. The second kappa shape index (κ2) is 1.97. The van der Waals surface area contributed by atoms with Crippen molar-refractivity contribution in [1.82, 2.24) is 4.90 Å². The molecule has 1 heterocycles. The van der Waals surface area contributed by atoms with Gasteiger partial charge in [-0.1, -0.05) is 0 Å². The van der Waals surface area contributed by atoms with Crippen LogP contribution < -0.4 is 0 Å². The maximum absolute atomic E-state index is 10.7. The Labute approximate surface area is 66.0 Å². The van der Waals surface area contributed by atoms with Gasteiger partial charge in [0.25, 0.3) is 0 Å². The molecule has 0 amide bonds. The van der Waals surface area contributed by atoms with Crippen LogP contribution in [0.2, 0.25) is 0 Å². The first-order chi connectivity index (χ1) is 5.13. The molecule has 0 aromatic rings. The van der Waals surface area contributed by atoms with Crippen molar-refractivity contribution in [3.05, 3.63) is 0 Å². The van der Waals surface area contributed by atoms with Crippen LogP contribution in [0.1, 0.15) is 19.3 Å². The van der Waals surface area contributed by atoms with E-state index in [0.717, 1.165) is 13.0 Å². The minimum atomic E-state index is -0.656. The molecule has 2 rings (SSSR count). The van der Waals surface area contributed by atoms with Gasteiger partial charge in [-0.05, 0) is 31.7 Å². The van der Waals surface area contributed by atoms with Gasteiger partial charge in [0, 0.05) is 6.54 Å². The highest BCUT2D eigenvalue weighted by Gasteiger charge is 2.52. The average Bonchev–Trinajstić information content (AvgIpc) is 2.54. The molecule has 1 N–H and O–H groups in total. The quantitative estimate of drug-likeness (QED) is 0.601. The normalized spacial score (nSPS) is 34.5. The number of hydrogen-bond acceptors (Lipinski definition) is 2. The Morgan fingerprint density at radius 1 is 1.64 bits per heavy atom. The summed E-state index contributed by atoms with van der Waals surface area (Å²) >= 11 is 0. The van der Waals surface area contributed by atoms with E-state index in [2.05, 4.69) is 0 Å². The fraction of sp³-hybridized carbons (Fsp3) is 0.875. The predicted molar refractivity (Wildman–Crippen MR) is 40.3 cm³/mol. The zero-order chi connectivity index (χ0) is 8.06. The Kier molecular flexibility index (Phi) is 1.27. The lowest BCUT2D eigenvalue weighted by atomic mass is 10.0. The predicted octanol–water partition coefficient (Wildman–Crippen LogP) is 0.555. The van der Waals surface area contributed by atoms with Crippen molar-refractivity contribution in [1.29, 1.82) is 0 Å². The van der Waals surface area contributed by atoms with Crippen molar-refractivity contribution in [2.75, 3.05) is 13.6 Å². The highest BCUT2D eigenvalue weighted by molar-refractivity contribution is 5.74. The van der Waals surface area contributed by atoms with Crippen molar-refractivity contribution in [2.45, 2.75) is 25.3 Å². The number of carboxylic acids is 1. The molecular formula is C8H13NO2. The van der Waals surface area contributed by atoms with E-state index < -0.39 is 5.97 Å². The molecule has 62 valence electrons. The molecule has 0 unspecified atom stereocenters. The van der Waals surface area contributed by atoms with Gasteiger partial charge < -0.3 is 5.11 Å². The fourth-order valence-corrected chi connectivity index (χ4v) is 2.08. The lowest BCUT2D eigenvalue weighted by molar-refractivity contribution is -0.141. The second-order valence-electron chi connectivity index (χ2n) is 3.97. The molecule has 1 atom stereocenters. The standard InChI is InChI=1S/C8H13NO2/c1-9-5-8(2-3-8)4-6(9)7(10)11/h6H,2-5H2,1H3,(H,10,11)/t6-/m0/s1. The van der Waals surface area contributed by atoms with E-state index in [1.807, 2.05) is 11.9 Å². The minimum Gasteiger partial charge on any atom is -0.480 e. The van der Waals surface area contributed by atoms with Gasteiger partial charge in [0.1, 0.15) is 6.04 Å². The van der Waals surface area contributed by atoms with Crippen LogP contribution in [0.5, 0.6) is 0 Å². The van der Waals surface area contributed by atoms with E-state index in [1.54, 1.807) is 0 Å². The van der Waals surface area contributed by atoms with Crippen molar-refractivity contribution in [2.24, 2.45) is 5.41 Å². The van der Waals surface area contributed by atoms with Gasteiger partial charge in [-0.25, -0.2) is 0 Å². The minimum absolute atomic E-state index is 0.211. The van der Waals surface area contributed by atoms with E-state index in [-0.39, 0.29) is 6.04 Å². The zero-order valence-corrected chi connectivity index (χ0v) is 6.71. The summed E-state index contributed by atoms with van der Waals surface area (Å²) in [5, 5.41) is 8.80. The zero-order valence-electron chi connectivity index (χ0n) is 6.71. The molecule has 0 bridgehead atoms. The molecule has 1 spiro atoms. The number of hydrogen-bond donors (Lipinski definition) is 1. The van der Waals surface area contributed by atoms with Crippen LogP contribution in [0.3, 0.4) is 0 Å². The first-order valence-corrected chi connectivity index (χ1v) is 4.06. The SMILES string of the molecule is CN1CC2(CC2)C[C@H]1C(=O)O. The van der Waals surface area contributed by atoms with Crippen LogP contribution in [0.4, 0.5) is 0 Å². The maximum Gasteiger partial charge on any atom is 0.320 e. The number of carbonyl (C=O) groups is 1. The first-order valence-electron chi connectivity index (χ1n) is 4.06. The average molecular weight is 155 g/mol. The molecule has 2 fully saturated rings. The number of likely N-dealkylation sites (N-methyl/N-ethyl adjacent to an activating group) is 1. The summed E-state index contributed by atoms with van der Waals surface area (Å²) in [7, 11) is 1.91. The van der Waals surface area contributed by atoms with Crippen LogP contribution in [0.25, 0.3) is 0 Å². The van der Waals surface area contributed by atoms with Crippen molar-refractivity contribution >= 4 is 5.97 Å². The van der Waals surface area contributed by atoms with Crippen LogP contribution in [0.15, 0.2) is 0 Å². The van der Waals surface area contributed by atoms with Gasteiger partial charge in [0.2, 0.25) is 0 Å². The summed E-state index contributed by atoms with van der Waals surface area (Å²) in [6.45, 7) is 0.990. The van der Waals surface area contributed by atoms with E-state index in [4.69, 9.17) is 5.11 Å². The number of aliphatic carboxylic acids is 1. The highest BCUT2D eigenvalue weighted by atomic mass is 16.4. The molecule has 2 aliphatic rings. The lowest BCUT2D eigenvalue weighted by Gasteiger charge is -2.13. The molecule has 3 nitrogen and oxygen atoms in total. The summed E-state index contributed by atoms with van der Waals surface area (Å²) in [5.74, 6) is -0.656. The number of rotatable bonds is 1. The molecule has 1 aliphatic heterocycles. The van der Waals surface area contributed by atoms with Crippen LogP contribution in [0, 0.1) is 5.41 Å². The Bertz CT molecular complexity index is 198. The third-order valence-corrected chi connectivity index (χ3v) is 2.99. The third kappa shape index (κ3) is 1.03. The smallest absolute Gasteiger partial charge is 0.320 e. The summed E-state index contributed by atoms with van der Waals surface area (Å²) in [4.78, 5) is 12.7. The van der Waals surface area contributed by atoms with Crippen molar-refractivity contribution < 1.29 is 9.90 Å². The molecule has 0 radical (unpaired) electrons. The van der Waals surface area contributed by atoms with Crippen molar-refractivity contribution in [3.8, 4) is 0 Å². The van der Waals surface area contributed by atoms with Crippen molar-refractivity contribution in [3.63, 3.8) is 0 Å². The van der Waals surface area contributed by atoms with Crippen LogP contribution in [-0.4, -0.2) is 35.6 Å². The summed E-state index contributed by atoms with van der Waals surface area (Å²) in [6, 6.07) is -0.211. The summed E-state index contributed by atoms with van der Waals surface area (Å²) < 4.78 is 0. The molecule has 1 saturated heterocycles. The largest absolute Gasteiger partial charge is 0.480 e. The number of likely N-dealkylation sites (tertiary alicyclic amines) is 1. The van der Waals surface area contributed by atoms with E-state index in [9.17, 15) is 4.79 Å². The first kappa shape index (κ1) is 7.10. The molecule has 0 aromatic heterocycles. The Hall–Kier alpha value is -0.570. The molecule has 1 aliphatic carbocycles. The van der Waals surface area contributed by atoms with Gasteiger partial charge in [-0.2, -0.15) is 0 Å². The van der Waals surface area contributed by atoms with Gasteiger partial charge in [0.05, 0.1) is 0 Å². The fourth-order valence-electron chi connectivity index (χ4n) is 2.08. The molecule has 3 heteroatoms. The van der Waals surface area contributed by atoms with E-state index >= 15 is 0 Å². The van der Waals surface area contributed by atoms with Gasteiger partial charge in [-0.15, -0.1) is 0 Å². The van der Waals surface area contributed by atoms with Crippen LogP contribution >= 0.6 is 0 Å². The van der Waals surface area contributed by atoms with Gasteiger partial charge >= 0.3 is 5.97 Å². The van der Waals surface area contributed by atoms with Gasteiger partial charge in [-0.3, -0.25) is 9.69 Å². The Balaban J connectivity index is 2.08. The third-order valence-electron chi connectivity index (χ3n) is 2.99. The van der Waals surface area contributed by atoms with E-state index in [0.29, 0.717) is 5.41 Å². The lowest BCUT2D eigenvalue weighted by Crippen LogP contribution is -2.32. The van der Waals surface area contributed by atoms with E-state index in [1.165, 1.54) is 12.8 Å². The maximum atomic E-state index is 10.7. The topological polar surface area (TPSA) is 40.5 Å². The summed E-state index contributed by atoms with van der Waals surface area (Å²) in [6.07, 6.45) is 3.35. The second-order valence-corrected chi connectivity index (χ2v) is 3.97. The molecule has 11 heavy (non-hydrogen) atoms. The summed E-state index contributed by atoms with van der Waals surface area (Å²) in [5.41, 5.74) is 0.414. The molecule has 0 aromatic carbocycles. The number of carboxylic acid groups (broad SMARTS) is 1. The highest BCUT2D eigenvalue weighted by Crippen LogP contribution is 2.54. The molecule has 1 saturated carbocycles.